The van der Waals surface area contributed by atoms with Crippen LogP contribution in [0.2, 0.25) is 0 Å². The van der Waals surface area contributed by atoms with Gasteiger partial charge in [-0.05, 0) is 121 Å². The highest BCUT2D eigenvalue weighted by Crippen LogP contribution is 2.43. The second kappa shape index (κ2) is 14.3. The standard InChI is InChI=1S/C38H66N6O3/c45-34-23-28(21-22-33(34)44-41-29-7-1-2-8-30(29)42-44)43(26-17-13-24(14-18-26)37-39-31-9-3-5-11-35(31)46-37)27-19-15-25(16-20-27)38-40-32-10-4-6-12-36(32)47-38/h24-42,45H,1-23H2. The fourth-order valence-corrected chi connectivity index (χ4v) is 12.3. The Morgan fingerprint density at radius 1 is 0.489 bits per heavy atom. The SMILES string of the molecule is OC1CC(N(C2CCC(C3NC4CCCCC4O3)CC2)C2CCC(C3NC4CCCCC4O3)CC2)CCC1N1NC2CCCCC2N1. The molecule has 0 spiro atoms. The minimum Gasteiger partial charge on any atom is -0.391 e. The molecule has 5 N–H and O–H groups in total. The normalized spacial score (nSPS) is 51.1. The minimum absolute atomic E-state index is 0.174. The van der Waals surface area contributed by atoms with E-state index in [1.165, 1.54) is 135 Å². The number of hydrogen-bond donors (Lipinski definition) is 5. The van der Waals surface area contributed by atoms with Gasteiger partial charge in [-0.15, -0.1) is 0 Å². The average molecular weight is 655 g/mol. The fourth-order valence-electron chi connectivity index (χ4n) is 12.3. The molecule has 3 aliphatic heterocycles. The summed E-state index contributed by atoms with van der Waals surface area (Å²) in [6, 6.07) is 4.22. The molecule has 0 aromatic carbocycles. The van der Waals surface area contributed by atoms with Gasteiger partial charge in [0.1, 0.15) is 12.5 Å². The molecule has 9 fully saturated rings. The molecule has 9 heteroatoms. The summed E-state index contributed by atoms with van der Waals surface area (Å²) >= 11 is 0. The molecule has 3 heterocycles. The molecule has 6 aliphatic carbocycles. The van der Waals surface area contributed by atoms with Crippen LogP contribution in [0.5, 0.6) is 0 Å². The zero-order valence-corrected chi connectivity index (χ0v) is 29.1. The van der Waals surface area contributed by atoms with Gasteiger partial charge in [0.15, 0.2) is 0 Å². The van der Waals surface area contributed by atoms with Gasteiger partial charge in [0, 0.05) is 42.3 Å². The van der Waals surface area contributed by atoms with Crippen molar-refractivity contribution in [3.05, 3.63) is 0 Å². The Bertz CT molecular complexity index is 943. The van der Waals surface area contributed by atoms with Crippen LogP contribution in [0.15, 0.2) is 0 Å². The maximum absolute atomic E-state index is 11.8. The predicted octanol–water partition coefficient (Wildman–Crippen LogP) is 4.84. The van der Waals surface area contributed by atoms with E-state index in [1.807, 2.05) is 0 Å². The molecule has 47 heavy (non-hydrogen) atoms. The van der Waals surface area contributed by atoms with E-state index in [4.69, 9.17) is 9.47 Å². The number of ether oxygens (including phenoxy) is 2. The van der Waals surface area contributed by atoms with E-state index in [0.29, 0.717) is 66.3 Å². The molecule has 0 bridgehead atoms. The summed E-state index contributed by atoms with van der Waals surface area (Å²) in [5.74, 6) is 1.31. The average Bonchev–Trinajstić information content (AvgIpc) is 3.86. The number of nitrogens with zero attached hydrogens (tertiary/aromatic N) is 2. The molecule has 9 aliphatic rings. The monoisotopic (exact) mass is 655 g/mol. The molecule has 0 radical (unpaired) electrons. The highest BCUT2D eigenvalue weighted by Gasteiger charge is 2.47. The number of fused-ring (bicyclic) bond motifs is 3. The van der Waals surface area contributed by atoms with E-state index in [-0.39, 0.29) is 24.6 Å². The Morgan fingerprint density at radius 2 is 0.936 bits per heavy atom. The van der Waals surface area contributed by atoms with Crippen molar-refractivity contribution in [2.24, 2.45) is 11.8 Å². The second-order valence-electron chi connectivity index (χ2n) is 17.6. The van der Waals surface area contributed by atoms with Crippen LogP contribution in [0.3, 0.4) is 0 Å². The summed E-state index contributed by atoms with van der Waals surface area (Å²) in [7, 11) is 0. The highest BCUT2D eigenvalue weighted by atomic mass is 16.5. The van der Waals surface area contributed by atoms with Crippen LogP contribution in [-0.4, -0.2) is 94.2 Å². The van der Waals surface area contributed by atoms with E-state index in [1.54, 1.807) is 0 Å². The summed E-state index contributed by atoms with van der Waals surface area (Å²) in [5, 5.41) is 21.9. The lowest BCUT2D eigenvalue weighted by Gasteiger charge is -2.51. The lowest BCUT2D eigenvalue weighted by molar-refractivity contribution is -0.0760. The maximum Gasteiger partial charge on any atom is 0.111 e. The van der Waals surface area contributed by atoms with Gasteiger partial charge in [-0.3, -0.25) is 15.5 Å². The maximum atomic E-state index is 11.8. The lowest BCUT2D eigenvalue weighted by Crippen LogP contribution is -2.60. The molecule has 266 valence electrons. The number of aliphatic hydroxyl groups is 1. The van der Waals surface area contributed by atoms with E-state index >= 15 is 0 Å². The second-order valence-corrected chi connectivity index (χ2v) is 17.6. The third-order valence-electron chi connectivity index (χ3n) is 14.9. The van der Waals surface area contributed by atoms with Gasteiger partial charge in [0.2, 0.25) is 0 Å². The first-order valence-corrected chi connectivity index (χ1v) is 20.8. The molecular weight excluding hydrogens is 588 g/mol. The summed E-state index contributed by atoms with van der Waals surface area (Å²) in [6.45, 7) is 0. The van der Waals surface area contributed by atoms with Gasteiger partial charge in [0.25, 0.3) is 0 Å². The van der Waals surface area contributed by atoms with Crippen LogP contribution in [0.4, 0.5) is 0 Å². The van der Waals surface area contributed by atoms with Gasteiger partial charge in [-0.2, -0.15) is 5.12 Å². The largest absolute Gasteiger partial charge is 0.391 e. The number of hydrogen-bond acceptors (Lipinski definition) is 9. The van der Waals surface area contributed by atoms with Crippen molar-refractivity contribution in [3.63, 3.8) is 0 Å². The van der Waals surface area contributed by atoms with Crippen LogP contribution in [-0.2, 0) is 9.47 Å². The topological polar surface area (TPSA) is 93.3 Å². The Labute approximate surface area is 284 Å². The molecule has 9 rings (SSSR count). The van der Waals surface area contributed by atoms with Gasteiger partial charge < -0.3 is 14.6 Å². The molecule has 11 atom stereocenters. The Morgan fingerprint density at radius 3 is 1.40 bits per heavy atom. The van der Waals surface area contributed by atoms with Gasteiger partial charge in [0.05, 0.1) is 24.4 Å². The zero-order valence-electron chi connectivity index (χ0n) is 29.1. The molecule has 0 aromatic rings. The van der Waals surface area contributed by atoms with E-state index in [0.717, 1.165) is 12.8 Å². The number of aliphatic hydroxyl groups excluding tert-OH is 1. The number of hydrazine groups is 2. The lowest BCUT2D eigenvalue weighted by atomic mass is 9.77. The molecular formula is C38H66N6O3. The molecule has 0 amide bonds. The molecule has 6 saturated carbocycles. The summed E-state index contributed by atoms with van der Waals surface area (Å²) < 4.78 is 13.3. The van der Waals surface area contributed by atoms with E-state index in [2.05, 4.69) is 31.5 Å². The van der Waals surface area contributed by atoms with Crippen LogP contribution in [0.25, 0.3) is 0 Å². The fraction of sp³-hybridized carbons (Fsp3) is 1.00. The van der Waals surface area contributed by atoms with E-state index < -0.39 is 0 Å². The predicted molar refractivity (Wildman–Crippen MR) is 183 cm³/mol. The highest BCUT2D eigenvalue weighted by molar-refractivity contribution is 5.00. The van der Waals surface area contributed by atoms with Crippen molar-refractivity contribution < 1.29 is 14.6 Å². The Hall–Kier alpha value is -0.360. The first-order valence-electron chi connectivity index (χ1n) is 20.8. The third-order valence-corrected chi connectivity index (χ3v) is 14.9. The van der Waals surface area contributed by atoms with Crippen LogP contribution in [0.1, 0.15) is 148 Å². The summed E-state index contributed by atoms with van der Waals surface area (Å²) in [4.78, 5) is 3.02. The Kier molecular flexibility index (Phi) is 9.93. The van der Waals surface area contributed by atoms with Crippen LogP contribution >= 0.6 is 0 Å². The summed E-state index contributed by atoms with van der Waals surface area (Å²) in [5.41, 5.74) is 7.55. The Balaban J connectivity index is 0.850. The van der Waals surface area contributed by atoms with Crippen molar-refractivity contribution in [2.75, 3.05) is 0 Å². The first kappa shape index (κ1) is 32.5. The van der Waals surface area contributed by atoms with Crippen molar-refractivity contribution in [3.8, 4) is 0 Å². The smallest absolute Gasteiger partial charge is 0.111 e. The first-order chi connectivity index (χ1) is 23.2. The number of nitrogens with one attached hydrogen (secondary N) is 4. The molecule has 3 saturated heterocycles. The van der Waals surface area contributed by atoms with Gasteiger partial charge in [-0.1, -0.05) is 38.5 Å². The van der Waals surface area contributed by atoms with Crippen molar-refractivity contribution >= 4 is 0 Å². The number of rotatable bonds is 6. The zero-order chi connectivity index (χ0) is 31.3. The van der Waals surface area contributed by atoms with Crippen molar-refractivity contribution in [1.82, 2.24) is 31.5 Å². The van der Waals surface area contributed by atoms with Crippen molar-refractivity contribution in [1.29, 1.82) is 0 Å². The molecule has 9 nitrogen and oxygen atoms in total. The quantitative estimate of drug-likeness (QED) is 0.276. The van der Waals surface area contributed by atoms with Crippen molar-refractivity contribution in [2.45, 2.75) is 227 Å². The van der Waals surface area contributed by atoms with Gasteiger partial charge in [-0.25, -0.2) is 10.9 Å². The van der Waals surface area contributed by atoms with Gasteiger partial charge >= 0.3 is 0 Å². The molecule has 11 unspecified atom stereocenters. The third kappa shape index (κ3) is 6.73. The molecule has 0 aromatic heterocycles. The van der Waals surface area contributed by atoms with Crippen LogP contribution in [0, 0.1) is 11.8 Å². The van der Waals surface area contributed by atoms with E-state index in [9.17, 15) is 5.11 Å². The van der Waals surface area contributed by atoms with Crippen LogP contribution < -0.4 is 21.5 Å². The minimum atomic E-state index is -0.289. The summed E-state index contributed by atoms with van der Waals surface area (Å²) in [6.07, 6.45) is 30.2.